The van der Waals surface area contributed by atoms with E-state index in [1.165, 1.54) is 21.2 Å². The average Bonchev–Trinajstić information content (AvgIpc) is 2.56. The predicted molar refractivity (Wildman–Crippen MR) is 90.7 cm³/mol. The summed E-state index contributed by atoms with van der Waals surface area (Å²) in [6.07, 6.45) is 3.79. The number of fused-ring (bicyclic) bond motifs is 1. The Morgan fingerprint density at radius 1 is 1.05 bits per heavy atom. The fourth-order valence-corrected chi connectivity index (χ4v) is 3.53. The zero-order chi connectivity index (χ0) is 14.5. The highest BCUT2D eigenvalue weighted by atomic mass is 32.2. The molecule has 0 saturated carbocycles. The van der Waals surface area contributed by atoms with Crippen LogP contribution in [0.25, 0.3) is 10.8 Å². The van der Waals surface area contributed by atoms with E-state index < -0.39 is 0 Å². The minimum absolute atomic E-state index is 0.321. The largest absolute Gasteiger partial charge is 0.312 e. The first-order chi connectivity index (χ1) is 10.4. The standard InChI is InChI=1S/C18H18N2S/c1-19-18(13-21-15-7-3-2-4-8-15)17-9-5-6-14-12-20-11-10-16(14)17/h2-12,18-19H,13H2,1H3. The summed E-state index contributed by atoms with van der Waals surface area (Å²) in [6, 6.07) is 19.4. The lowest BCUT2D eigenvalue weighted by Gasteiger charge is -2.18. The molecule has 2 aromatic carbocycles. The molecule has 0 spiro atoms. The molecule has 3 aromatic rings. The van der Waals surface area contributed by atoms with Crippen molar-refractivity contribution in [2.45, 2.75) is 10.9 Å². The van der Waals surface area contributed by atoms with E-state index in [1.807, 2.05) is 31.2 Å². The summed E-state index contributed by atoms with van der Waals surface area (Å²) < 4.78 is 0. The highest BCUT2D eigenvalue weighted by Crippen LogP contribution is 2.28. The molecule has 1 aromatic heterocycles. The van der Waals surface area contributed by atoms with Gasteiger partial charge in [0, 0.05) is 34.5 Å². The van der Waals surface area contributed by atoms with Crippen LogP contribution in [0.1, 0.15) is 11.6 Å². The molecule has 0 amide bonds. The molecule has 0 fully saturated rings. The molecule has 1 unspecified atom stereocenters. The van der Waals surface area contributed by atoms with Gasteiger partial charge < -0.3 is 5.32 Å². The van der Waals surface area contributed by atoms with Crippen molar-refractivity contribution in [3.63, 3.8) is 0 Å². The number of pyridine rings is 1. The van der Waals surface area contributed by atoms with E-state index in [2.05, 4.69) is 64.9 Å². The average molecular weight is 294 g/mol. The second kappa shape index (κ2) is 6.74. The summed E-state index contributed by atoms with van der Waals surface area (Å²) in [5, 5.41) is 5.91. The van der Waals surface area contributed by atoms with E-state index in [0.29, 0.717) is 6.04 Å². The fourth-order valence-electron chi connectivity index (χ4n) is 2.48. The molecule has 1 N–H and O–H groups in total. The molecule has 1 heterocycles. The van der Waals surface area contributed by atoms with Crippen LogP contribution in [0.3, 0.4) is 0 Å². The van der Waals surface area contributed by atoms with Crippen LogP contribution >= 0.6 is 11.8 Å². The van der Waals surface area contributed by atoms with Gasteiger partial charge in [0.1, 0.15) is 0 Å². The van der Waals surface area contributed by atoms with Gasteiger partial charge in [-0.05, 0) is 36.2 Å². The number of benzene rings is 2. The Morgan fingerprint density at radius 2 is 1.90 bits per heavy atom. The molecule has 0 aliphatic carbocycles. The molecule has 0 aliphatic rings. The molecular formula is C18H18N2S. The van der Waals surface area contributed by atoms with Gasteiger partial charge in [-0.3, -0.25) is 4.98 Å². The zero-order valence-electron chi connectivity index (χ0n) is 12.0. The highest BCUT2D eigenvalue weighted by molar-refractivity contribution is 7.99. The maximum atomic E-state index is 4.21. The Labute approximate surface area is 129 Å². The summed E-state index contributed by atoms with van der Waals surface area (Å²) in [6.45, 7) is 0. The van der Waals surface area contributed by atoms with Gasteiger partial charge in [-0.15, -0.1) is 11.8 Å². The Bertz CT molecular complexity index is 707. The van der Waals surface area contributed by atoms with E-state index in [-0.39, 0.29) is 0 Å². The number of nitrogens with zero attached hydrogens (tertiary/aromatic N) is 1. The summed E-state index contributed by atoms with van der Waals surface area (Å²) in [5.41, 5.74) is 1.33. The third kappa shape index (κ3) is 3.26. The van der Waals surface area contributed by atoms with Crippen LogP contribution in [0.5, 0.6) is 0 Å². The zero-order valence-corrected chi connectivity index (χ0v) is 12.8. The van der Waals surface area contributed by atoms with Gasteiger partial charge in [-0.25, -0.2) is 0 Å². The third-order valence-corrected chi connectivity index (χ3v) is 4.70. The van der Waals surface area contributed by atoms with E-state index in [4.69, 9.17) is 0 Å². The second-order valence-corrected chi connectivity index (χ2v) is 6.00. The molecule has 3 heteroatoms. The lowest BCUT2D eigenvalue weighted by atomic mass is 10.0. The van der Waals surface area contributed by atoms with E-state index in [0.717, 1.165) is 5.75 Å². The fraction of sp³-hybridized carbons (Fsp3) is 0.167. The quantitative estimate of drug-likeness (QED) is 0.711. The summed E-state index contributed by atoms with van der Waals surface area (Å²) in [4.78, 5) is 5.51. The number of thioether (sulfide) groups is 1. The molecule has 0 aliphatic heterocycles. The summed E-state index contributed by atoms with van der Waals surface area (Å²) in [7, 11) is 2.02. The van der Waals surface area contributed by atoms with Crippen LogP contribution in [0, 0.1) is 0 Å². The summed E-state index contributed by atoms with van der Waals surface area (Å²) >= 11 is 1.88. The van der Waals surface area contributed by atoms with E-state index in [9.17, 15) is 0 Å². The smallest absolute Gasteiger partial charge is 0.0419 e. The van der Waals surface area contributed by atoms with Crippen molar-refractivity contribution in [2.24, 2.45) is 0 Å². The lowest BCUT2D eigenvalue weighted by molar-refractivity contribution is 0.667. The monoisotopic (exact) mass is 294 g/mol. The molecule has 2 nitrogen and oxygen atoms in total. The number of hydrogen-bond acceptors (Lipinski definition) is 3. The van der Waals surface area contributed by atoms with Crippen LogP contribution in [-0.4, -0.2) is 17.8 Å². The van der Waals surface area contributed by atoms with Crippen molar-refractivity contribution in [3.8, 4) is 0 Å². The van der Waals surface area contributed by atoms with Crippen molar-refractivity contribution >= 4 is 22.5 Å². The molecule has 21 heavy (non-hydrogen) atoms. The maximum Gasteiger partial charge on any atom is 0.0419 e. The van der Waals surface area contributed by atoms with Gasteiger partial charge in [-0.2, -0.15) is 0 Å². The first-order valence-corrected chi connectivity index (χ1v) is 8.05. The molecule has 0 saturated heterocycles. The van der Waals surface area contributed by atoms with Crippen LogP contribution in [-0.2, 0) is 0 Å². The molecule has 1 atom stereocenters. The molecule has 0 radical (unpaired) electrons. The van der Waals surface area contributed by atoms with Gasteiger partial charge >= 0.3 is 0 Å². The topological polar surface area (TPSA) is 24.9 Å². The Balaban J connectivity index is 1.85. The molecular weight excluding hydrogens is 276 g/mol. The second-order valence-electron chi connectivity index (χ2n) is 4.91. The minimum Gasteiger partial charge on any atom is -0.312 e. The van der Waals surface area contributed by atoms with Crippen molar-refractivity contribution < 1.29 is 0 Å². The number of aromatic nitrogens is 1. The SMILES string of the molecule is CNC(CSc1ccccc1)c1cccc2cnccc12. The van der Waals surface area contributed by atoms with Gasteiger partial charge in [0.05, 0.1) is 0 Å². The van der Waals surface area contributed by atoms with Crippen molar-refractivity contribution in [2.75, 3.05) is 12.8 Å². The maximum absolute atomic E-state index is 4.21. The number of nitrogens with one attached hydrogen (secondary N) is 1. The van der Waals surface area contributed by atoms with E-state index >= 15 is 0 Å². The van der Waals surface area contributed by atoms with E-state index in [1.54, 1.807) is 0 Å². The highest BCUT2D eigenvalue weighted by Gasteiger charge is 2.12. The van der Waals surface area contributed by atoms with Crippen LogP contribution in [0.15, 0.2) is 71.9 Å². The molecule has 3 rings (SSSR count). The normalized spacial score (nSPS) is 12.4. The van der Waals surface area contributed by atoms with Gasteiger partial charge in [0.2, 0.25) is 0 Å². The van der Waals surface area contributed by atoms with Crippen LogP contribution in [0.4, 0.5) is 0 Å². The van der Waals surface area contributed by atoms with Crippen molar-refractivity contribution in [3.05, 3.63) is 72.6 Å². The van der Waals surface area contributed by atoms with Crippen molar-refractivity contribution in [1.82, 2.24) is 10.3 Å². The predicted octanol–water partition coefficient (Wildman–Crippen LogP) is 4.29. The van der Waals surface area contributed by atoms with Crippen LogP contribution < -0.4 is 5.32 Å². The van der Waals surface area contributed by atoms with Gasteiger partial charge in [0.15, 0.2) is 0 Å². The van der Waals surface area contributed by atoms with Gasteiger partial charge in [-0.1, -0.05) is 36.4 Å². The minimum atomic E-state index is 0.321. The van der Waals surface area contributed by atoms with Gasteiger partial charge in [0.25, 0.3) is 0 Å². The Morgan fingerprint density at radius 3 is 2.71 bits per heavy atom. The third-order valence-electron chi connectivity index (χ3n) is 3.60. The first-order valence-electron chi connectivity index (χ1n) is 7.06. The molecule has 0 bridgehead atoms. The Kier molecular flexibility index (Phi) is 4.53. The lowest BCUT2D eigenvalue weighted by Crippen LogP contribution is -2.19. The Hall–Kier alpha value is -1.84. The van der Waals surface area contributed by atoms with Crippen LogP contribution in [0.2, 0.25) is 0 Å². The first kappa shape index (κ1) is 14.1. The summed E-state index contributed by atoms with van der Waals surface area (Å²) in [5.74, 6) is 1.00. The molecule has 106 valence electrons. The number of rotatable bonds is 5. The number of hydrogen-bond donors (Lipinski definition) is 1. The van der Waals surface area contributed by atoms with Crippen molar-refractivity contribution in [1.29, 1.82) is 0 Å².